The number of nitrogens with zero attached hydrogens (tertiary/aromatic N) is 5. The van der Waals surface area contributed by atoms with Gasteiger partial charge in [-0.05, 0) is 31.0 Å². The van der Waals surface area contributed by atoms with Gasteiger partial charge in [0, 0.05) is 56.2 Å². The number of hydrogen-bond donors (Lipinski definition) is 1. The third-order valence-electron chi connectivity index (χ3n) is 4.58. The molecule has 3 aromatic heterocycles. The van der Waals surface area contributed by atoms with Crippen molar-refractivity contribution in [3.63, 3.8) is 0 Å². The van der Waals surface area contributed by atoms with Crippen LogP contribution in [0.4, 0.5) is 0 Å². The van der Waals surface area contributed by atoms with Crippen LogP contribution in [-0.4, -0.2) is 44.0 Å². The van der Waals surface area contributed by atoms with Crippen LogP contribution >= 0.6 is 11.3 Å². The molecular weight excluding hydrogens is 344 g/mol. The second-order valence-electron chi connectivity index (χ2n) is 6.47. The van der Waals surface area contributed by atoms with Crippen molar-refractivity contribution in [3.05, 3.63) is 59.6 Å². The van der Waals surface area contributed by atoms with E-state index in [2.05, 4.69) is 47.7 Å². The van der Waals surface area contributed by atoms with Gasteiger partial charge in [0.15, 0.2) is 10.8 Å². The van der Waals surface area contributed by atoms with E-state index in [1.165, 1.54) is 0 Å². The van der Waals surface area contributed by atoms with E-state index in [9.17, 15) is 0 Å². The minimum atomic E-state index is 0.549. The molecule has 0 saturated carbocycles. The fourth-order valence-electron chi connectivity index (χ4n) is 3.17. The molecule has 134 valence electrons. The average Bonchev–Trinajstić information content (AvgIpc) is 3.18. The first-order chi connectivity index (χ1) is 12.9. The summed E-state index contributed by atoms with van der Waals surface area (Å²) in [4.78, 5) is 20.1. The van der Waals surface area contributed by atoms with Gasteiger partial charge in [0.2, 0.25) is 0 Å². The molecular formula is C19H22N6S. The maximum absolute atomic E-state index is 4.65. The molecule has 0 spiro atoms. The molecule has 6 nitrogen and oxygen atoms in total. The number of likely N-dealkylation sites (tertiary alicyclic amines) is 1. The summed E-state index contributed by atoms with van der Waals surface area (Å²) in [5.74, 6) is 0.701. The molecule has 0 bridgehead atoms. The normalized spacial score (nSPS) is 16.0. The van der Waals surface area contributed by atoms with Gasteiger partial charge in [-0.25, -0.2) is 15.0 Å². The summed E-state index contributed by atoms with van der Waals surface area (Å²) in [6.07, 6.45) is 7.68. The lowest BCUT2D eigenvalue weighted by Crippen LogP contribution is -2.42. The molecule has 0 aromatic carbocycles. The number of pyridine rings is 1. The zero-order valence-corrected chi connectivity index (χ0v) is 15.4. The highest BCUT2D eigenvalue weighted by Crippen LogP contribution is 2.20. The maximum atomic E-state index is 4.65. The highest BCUT2D eigenvalue weighted by Gasteiger charge is 2.19. The molecule has 0 radical (unpaired) electrons. The minimum absolute atomic E-state index is 0.549. The van der Waals surface area contributed by atoms with E-state index in [4.69, 9.17) is 0 Å². The van der Waals surface area contributed by atoms with Crippen molar-refractivity contribution in [2.75, 3.05) is 13.1 Å². The van der Waals surface area contributed by atoms with Crippen molar-refractivity contribution < 1.29 is 0 Å². The molecule has 1 fully saturated rings. The van der Waals surface area contributed by atoms with Crippen molar-refractivity contribution in [2.45, 2.75) is 32.0 Å². The van der Waals surface area contributed by atoms with Gasteiger partial charge in [-0.1, -0.05) is 6.07 Å². The number of rotatable bonds is 6. The average molecular weight is 366 g/mol. The van der Waals surface area contributed by atoms with E-state index >= 15 is 0 Å². The van der Waals surface area contributed by atoms with Gasteiger partial charge in [-0.2, -0.15) is 0 Å². The van der Waals surface area contributed by atoms with Crippen LogP contribution < -0.4 is 5.32 Å². The summed E-state index contributed by atoms with van der Waals surface area (Å²) in [6, 6.07) is 8.49. The zero-order chi connectivity index (χ0) is 17.6. The first kappa shape index (κ1) is 17.2. The zero-order valence-electron chi connectivity index (χ0n) is 14.6. The van der Waals surface area contributed by atoms with E-state index < -0.39 is 0 Å². The van der Waals surface area contributed by atoms with Crippen molar-refractivity contribution in [1.82, 2.24) is 30.2 Å². The monoisotopic (exact) mass is 366 g/mol. The Bertz CT molecular complexity index is 799. The Morgan fingerprint density at radius 1 is 1.00 bits per heavy atom. The van der Waals surface area contributed by atoms with Crippen molar-refractivity contribution in [3.8, 4) is 10.8 Å². The molecule has 1 saturated heterocycles. The summed E-state index contributed by atoms with van der Waals surface area (Å²) in [5, 5.41) is 6.62. The molecule has 7 heteroatoms. The molecule has 0 atom stereocenters. The fourth-order valence-corrected chi connectivity index (χ4v) is 3.93. The Kier molecular flexibility index (Phi) is 5.59. The number of nitrogens with one attached hydrogen (secondary N) is 1. The van der Waals surface area contributed by atoms with Gasteiger partial charge in [-0.3, -0.25) is 9.88 Å². The van der Waals surface area contributed by atoms with Crippen molar-refractivity contribution in [2.24, 2.45) is 0 Å². The van der Waals surface area contributed by atoms with Crippen molar-refractivity contribution >= 4 is 11.3 Å². The van der Waals surface area contributed by atoms with E-state index in [0.717, 1.165) is 55.4 Å². The smallest absolute Gasteiger partial charge is 0.188 e. The summed E-state index contributed by atoms with van der Waals surface area (Å²) >= 11 is 1.60. The number of piperidine rings is 1. The van der Waals surface area contributed by atoms with Crippen LogP contribution in [0.25, 0.3) is 10.8 Å². The first-order valence-electron chi connectivity index (χ1n) is 8.94. The van der Waals surface area contributed by atoms with Gasteiger partial charge < -0.3 is 5.32 Å². The predicted octanol–water partition coefficient (Wildman–Crippen LogP) is 2.75. The number of hydrogen-bond acceptors (Lipinski definition) is 7. The molecule has 1 N–H and O–H groups in total. The molecule has 1 aliphatic rings. The molecule has 0 aliphatic carbocycles. The van der Waals surface area contributed by atoms with Crippen molar-refractivity contribution in [1.29, 1.82) is 0 Å². The van der Waals surface area contributed by atoms with E-state index in [1.807, 2.05) is 18.3 Å². The molecule has 4 heterocycles. The van der Waals surface area contributed by atoms with Crippen LogP contribution in [0.15, 0.2) is 48.2 Å². The third-order valence-corrected chi connectivity index (χ3v) is 5.47. The second kappa shape index (κ2) is 8.44. The van der Waals surface area contributed by atoms with Gasteiger partial charge in [-0.15, -0.1) is 11.3 Å². The van der Waals surface area contributed by atoms with Crippen LogP contribution in [0.1, 0.15) is 24.2 Å². The minimum Gasteiger partial charge on any atom is -0.308 e. The molecule has 3 aromatic rings. The molecule has 4 rings (SSSR count). The lowest BCUT2D eigenvalue weighted by atomic mass is 10.0. The van der Waals surface area contributed by atoms with Crippen LogP contribution in [0, 0.1) is 0 Å². The van der Waals surface area contributed by atoms with E-state index in [-0.39, 0.29) is 0 Å². The second-order valence-corrected chi connectivity index (χ2v) is 7.33. The number of thiazole rings is 1. The third kappa shape index (κ3) is 4.49. The van der Waals surface area contributed by atoms with Crippen LogP contribution in [0.5, 0.6) is 0 Å². The van der Waals surface area contributed by atoms with E-state index in [1.54, 1.807) is 23.7 Å². The summed E-state index contributed by atoms with van der Waals surface area (Å²) in [6.45, 7) is 3.96. The Morgan fingerprint density at radius 3 is 2.58 bits per heavy atom. The predicted molar refractivity (Wildman–Crippen MR) is 103 cm³/mol. The van der Waals surface area contributed by atoms with Gasteiger partial charge in [0.05, 0.1) is 11.4 Å². The van der Waals surface area contributed by atoms with E-state index in [0.29, 0.717) is 11.9 Å². The standard InChI is InChI=1S/C19H22N6S/c1-2-7-20-16(4-1)13-25-10-5-15(6-11-25)23-12-17-14-26-19(24-17)18-21-8-3-9-22-18/h1-4,7-9,14-15,23H,5-6,10-13H2. The topological polar surface area (TPSA) is 66.8 Å². The summed E-state index contributed by atoms with van der Waals surface area (Å²) in [7, 11) is 0. The van der Waals surface area contributed by atoms with Crippen LogP contribution in [0.3, 0.4) is 0 Å². The Labute approximate surface area is 157 Å². The lowest BCUT2D eigenvalue weighted by molar-refractivity contribution is 0.188. The van der Waals surface area contributed by atoms with Gasteiger partial charge in [0.1, 0.15) is 0 Å². The highest BCUT2D eigenvalue weighted by atomic mass is 32.1. The largest absolute Gasteiger partial charge is 0.308 e. The molecule has 0 unspecified atom stereocenters. The Balaban J connectivity index is 1.23. The van der Waals surface area contributed by atoms with Gasteiger partial charge in [0.25, 0.3) is 0 Å². The quantitative estimate of drug-likeness (QED) is 0.724. The highest BCUT2D eigenvalue weighted by molar-refractivity contribution is 7.13. The molecule has 26 heavy (non-hydrogen) atoms. The van der Waals surface area contributed by atoms with Gasteiger partial charge >= 0.3 is 0 Å². The molecule has 1 aliphatic heterocycles. The fraction of sp³-hybridized carbons (Fsp3) is 0.368. The Hall–Kier alpha value is -2.22. The summed E-state index contributed by atoms with van der Waals surface area (Å²) in [5.41, 5.74) is 2.21. The van der Waals surface area contributed by atoms with Crippen LogP contribution in [0.2, 0.25) is 0 Å². The number of aromatic nitrogens is 4. The SMILES string of the molecule is c1ccc(CN2CCC(NCc3csc(-c4ncccn4)n3)CC2)nc1. The Morgan fingerprint density at radius 2 is 1.81 bits per heavy atom. The lowest BCUT2D eigenvalue weighted by Gasteiger charge is -2.32. The van der Waals surface area contributed by atoms with Crippen LogP contribution in [-0.2, 0) is 13.1 Å². The maximum Gasteiger partial charge on any atom is 0.188 e. The molecule has 0 amide bonds. The first-order valence-corrected chi connectivity index (χ1v) is 9.82. The summed E-state index contributed by atoms with van der Waals surface area (Å²) < 4.78 is 0.